The molecule has 0 aliphatic rings. The van der Waals surface area contributed by atoms with Crippen molar-refractivity contribution >= 4 is 0 Å². The van der Waals surface area contributed by atoms with Gasteiger partial charge in [0, 0.05) is 0 Å². The van der Waals surface area contributed by atoms with Gasteiger partial charge in [-0.15, -0.1) is 11.8 Å². The van der Waals surface area contributed by atoms with Gasteiger partial charge in [-0.05, 0) is 50.2 Å². The highest BCUT2D eigenvalue weighted by Gasteiger charge is 2.09. The lowest BCUT2D eigenvalue weighted by Crippen LogP contribution is -1.93. The Morgan fingerprint density at radius 2 is 1.13 bits per heavy atom. The van der Waals surface area contributed by atoms with Crippen molar-refractivity contribution < 1.29 is 14.2 Å². The van der Waals surface area contributed by atoms with Gasteiger partial charge in [0.05, 0.1) is 25.3 Å². The Labute approximate surface area is 137 Å². The molecule has 2 rings (SSSR count). The Kier molecular flexibility index (Phi) is 5.56. The number of methoxy groups -OCH3 is 2. The van der Waals surface area contributed by atoms with Crippen LogP contribution in [0.2, 0.25) is 0 Å². The van der Waals surface area contributed by atoms with Crippen LogP contribution in [-0.2, 0) is 0 Å². The topological polar surface area (TPSA) is 27.7 Å². The van der Waals surface area contributed by atoms with Crippen molar-refractivity contribution in [2.24, 2.45) is 0 Å². The zero-order chi connectivity index (χ0) is 16.7. The molecule has 0 aromatic heterocycles. The van der Waals surface area contributed by atoms with E-state index in [1.807, 2.05) is 36.4 Å². The number of hydrogen-bond donors (Lipinski definition) is 0. The van der Waals surface area contributed by atoms with E-state index >= 15 is 0 Å². The van der Waals surface area contributed by atoms with Gasteiger partial charge in [-0.1, -0.05) is 11.8 Å². The highest BCUT2D eigenvalue weighted by atomic mass is 16.5. The fourth-order valence-electron chi connectivity index (χ4n) is 2.03. The van der Waals surface area contributed by atoms with Crippen LogP contribution in [0.25, 0.3) is 0 Å². The largest absolute Gasteiger partial charge is 0.497 e. The van der Waals surface area contributed by atoms with Crippen LogP contribution in [0, 0.1) is 23.7 Å². The second-order valence-electron chi connectivity index (χ2n) is 4.58. The summed E-state index contributed by atoms with van der Waals surface area (Å²) >= 11 is 0. The maximum atomic E-state index is 6.03. The van der Waals surface area contributed by atoms with Crippen molar-refractivity contribution in [2.75, 3.05) is 14.2 Å². The Balaban J connectivity index is 2.45. The first-order chi connectivity index (χ1) is 11.2. The zero-order valence-electron chi connectivity index (χ0n) is 13.7. The van der Waals surface area contributed by atoms with Crippen LogP contribution >= 0.6 is 0 Å². The summed E-state index contributed by atoms with van der Waals surface area (Å²) in [5, 5.41) is 0. The molecule has 0 radical (unpaired) electrons. The number of ether oxygens (including phenoxy) is 3. The fourth-order valence-corrected chi connectivity index (χ4v) is 2.03. The third-order valence-electron chi connectivity index (χ3n) is 3.11. The maximum Gasteiger partial charge on any atom is 0.143 e. The van der Waals surface area contributed by atoms with Crippen LogP contribution in [0.3, 0.4) is 0 Å². The van der Waals surface area contributed by atoms with Crippen LogP contribution in [-0.4, -0.2) is 14.2 Å². The molecule has 2 aromatic carbocycles. The van der Waals surface area contributed by atoms with Gasteiger partial charge < -0.3 is 14.2 Å². The monoisotopic (exact) mass is 306 g/mol. The Morgan fingerprint density at radius 3 is 1.48 bits per heavy atom. The van der Waals surface area contributed by atoms with Gasteiger partial charge in [0.25, 0.3) is 0 Å². The third kappa shape index (κ3) is 3.99. The molecule has 3 nitrogen and oxygen atoms in total. The number of rotatable bonds is 4. The second kappa shape index (κ2) is 7.82. The molecule has 0 spiro atoms. The normalized spacial score (nSPS) is 9.04. The summed E-state index contributed by atoms with van der Waals surface area (Å²) in [6.45, 7) is 3.56. The van der Waals surface area contributed by atoms with E-state index in [1.54, 1.807) is 28.1 Å². The van der Waals surface area contributed by atoms with Crippen molar-refractivity contribution in [3.63, 3.8) is 0 Å². The molecule has 0 atom stereocenters. The standard InChI is InChI=1S/C20H18O3/c1-5-7-15-13-17(21-3)9-11-19(15)23-20-12-10-18(22-4)14-16(20)8-6-2/h9-14H,1-4H3. The number of benzene rings is 2. The van der Waals surface area contributed by atoms with Crippen LogP contribution in [0.15, 0.2) is 36.4 Å². The molecule has 0 amide bonds. The Hall–Kier alpha value is -3.04. The molecule has 0 bridgehead atoms. The lowest BCUT2D eigenvalue weighted by Gasteiger charge is -2.12. The minimum atomic E-state index is 0.657. The quantitative estimate of drug-likeness (QED) is 0.791. The molecule has 0 heterocycles. The van der Waals surface area contributed by atoms with Gasteiger partial charge >= 0.3 is 0 Å². The SMILES string of the molecule is CC#Cc1cc(OC)ccc1Oc1ccc(OC)cc1C#CC. The van der Waals surface area contributed by atoms with E-state index in [2.05, 4.69) is 23.7 Å². The molecular formula is C20H18O3. The van der Waals surface area contributed by atoms with E-state index in [0.29, 0.717) is 11.5 Å². The summed E-state index contributed by atoms with van der Waals surface area (Å²) in [6, 6.07) is 11.1. The third-order valence-corrected chi connectivity index (χ3v) is 3.11. The van der Waals surface area contributed by atoms with E-state index in [0.717, 1.165) is 22.6 Å². The first kappa shape index (κ1) is 16.3. The maximum absolute atomic E-state index is 6.03. The van der Waals surface area contributed by atoms with Crippen molar-refractivity contribution in [3.8, 4) is 46.7 Å². The highest BCUT2D eigenvalue weighted by Crippen LogP contribution is 2.31. The lowest BCUT2D eigenvalue weighted by atomic mass is 10.1. The molecule has 0 fully saturated rings. The molecule has 2 aromatic rings. The Bertz CT molecular complexity index is 745. The first-order valence-electron chi connectivity index (χ1n) is 7.11. The van der Waals surface area contributed by atoms with Gasteiger partial charge in [-0.3, -0.25) is 0 Å². The van der Waals surface area contributed by atoms with Crippen molar-refractivity contribution in [2.45, 2.75) is 13.8 Å². The molecule has 3 heteroatoms. The molecular weight excluding hydrogens is 288 g/mol. The van der Waals surface area contributed by atoms with Crippen molar-refractivity contribution in [3.05, 3.63) is 47.5 Å². The molecule has 0 unspecified atom stereocenters. The number of hydrogen-bond acceptors (Lipinski definition) is 3. The molecule has 0 N–H and O–H groups in total. The average Bonchev–Trinajstić information content (AvgIpc) is 2.58. The summed E-state index contributed by atoms with van der Waals surface area (Å²) in [5.41, 5.74) is 1.52. The van der Waals surface area contributed by atoms with Gasteiger partial charge in [0.15, 0.2) is 0 Å². The second-order valence-corrected chi connectivity index (χ2v) is 4.58. The lowest BCUT2D eigenvalue weighted by molar-refractivity contribution is 0.410. The summed E-state index contributed by atoms with van der Waals surface area (Å²) in [4.78, 5) is 0. The van der Waals surface area contributed by atoms with Gasteiger partial charge in [0.2, 0.25) is 0 Å². The summed E-state index contributed by atoms with van der Waals surface area (Å²) < 4.78 is 16.5. The van der Waals surface area contributed by atoms with Crippen LogP contribution < -0.4 is 14.2 Å². The van der Waals surface area contributed by atoms with E-state index in [9.17, 15) is 0 Å². The van der Waals surface area contributed by atoms with E-state index in [4.69, 9.17) is 14.2 Å². The molecule has 0 saturated heterocycles. The fraction of sp³-hybridized carbons (Fsp3) is 0.200. The van der Waals surface area contributed by atoms with E-state index in [1.165, 1.54) is 0 Å². The predicted molar refractivity (Wildman–Crippen MR) is 91.2 cm³/mol. The Morgan fingerprint density at radius 1 is 0.696 bits per heavy atom. The highest BCUT2D eigenvalue weighted by molar-refractivity contribution is 5.55. The molecule has 0 aliphatic heterocycles. The summed E-state index contributed by atoms with van der Waals surface area (Å²) in [6.07, 6.45) is 0. The van der Waals surface area contributed by atoms with Crippen LogP contribution in [0.4, 0.5) is 0 Å². The van der Waals surface area contributed by atoms with E-state index in [-0.39, 0.29) is 0 Å². The van der Waals surface area contributed by atoms with Crippen LogP contribution in [0.5, 0.6) is 23.0 Å². The summed E-state index contributed by atoms with van der Waals surface area (Å²) in [5.74, 6) is 14.6. The van der Waals surface area contributed by atoms with Crippen LogP contribution in [0.1, 0.15) is 25.0 Å². The zero-order valence-corrected chi connectivity index (χ0v) is 13.7. The van der Waals surface area contributed by atoms with Gasteiger partial charge in [0.1, 0.15) is 23.0 Å². The smallest absolute Gasteiger partial charge is 0.143 e. The minimum absolute atomic E-state index is 0.657. The van der Waals surface area contributed by atoms with Gasteiger partial charge in [-0.25, -0.2) is 0 Å². The predicted octanol–water partition coefficient (Wildman–Crippen LogP) is 4.24. The molecule has 116 valence electrons. The molecule has 0 saturated carbocycles. The minimum Gasteiger partial charge on any atom is -0.497 e. The molecule has 0 aliphatic carbocycles. The van der Waals surface area contributed by atoms with Crippen molar-refractivity contribution in [1.82, 2.24) is 0 Å². The average molecular weight is 306 g/mol. The van der Waals surface area contributed by atoms with E-state index < -0.39 is 0 Å². The van der Waals surface area contributed by atoms with Crippen molar-refractivity contribution in [1.29, 1.82) is 0 Å². The van der Waals surface area contributed by atoms with Gasteiger partial charge in [-0.2, -0.15) is 0 Å². The summed E-state index contributed by atoms with van der Waals surface area (Å²) in [7, 11) is 3.24. The molecule has 23 heavy (non-hydrogen) atoms. The first-order valence-corrected chi connectivity index (χ1v) is 7.11.